The summed E-state index contributed by atoms with van der Waals surface area (Å²) in [5.41, 5.74) is 10.3. The summed E-state index contributed by atoms with van der Waals surface area (Å²) < 4.78 is 8.12. The molecular formula is C18H20N2O. The minimum atomic E-state index is 0.552. The van der Waals surface area contributed by atoms with Crippen LogP contribution >= 0.6 is 0 Å². The molecular weight excluding hydrogens is 260 g/mol. The van der Waals surface area contributed by atoms with Gasteiger partial charge in [-0.15, -0.1) is 0 Å². The number of aryl methyl sites for hydroxylation is 2. The van der Waals surface area contributed by atoms with E-state index in [-0.39, 0.29) is 0 Å². The van der Waals surface area contributed by atoms with Gasteiger partial charge in [-0.25, -0.2) is 0 Å². The van der Waals surface area contributed by atoms with E-state index in [0.717, 1.165) is 18.0 Å². The van der Waals surface area contributed by atoms with E-state index >= 15 is 0 Å². The standard InChI is InChI=1S/C18H20N2O/c1-3-20-11-14(17-10-15(19)6-9-18(17)20)12-21-16-7-4-13(2)5-8-16/h4-11H,3,12,19H2,1-2H3. The second-order valence-corrected chi connectivity index (χ2v) is 5.32. The van der Waals surface area contributed by atoms with Gasteiger partial charge in [0.05, 0.1) is 0 Å². The third-order valence-corrected chi connectivity index (χ3v) is 3.74. The average Bonchev–Trinajstić information content (AvgIpc) is 2.84. The largest absolute Gasteiger partial charge is 0.489 e. The molecule has 1 aromatic heterocycles. The number of benzene rings is 2. The van der Waals surface area contributed by atoms with Gasteiger partial charge in [0.25, 0.3) is 0 Å². The molecule has 3 rings (SSSR count). The summed E-state index contributed by atoms with van der Waals surface area (Å²) in [5, 5.41) is 1.17. The normalized spacial score (nSPS) is 11.0. The molecule has 0 saturated carbocycles. The van der Waals surface area contributed by atoms with Crippen molar-refractivity contribution in [1.82, 2.24) is 4.57 Å². The summed E-state index contributed by atoms with van der Waals surface area (Å²) in [4.78, 5) is 0. The predicted octanol–water partition coefficient (Wildman–Crippen LogP) is 4.13. The zero-order chi connectivity index (χ0) is 14.8. The van der Waals surface area contributed by atoms with Crippen LogP contribution in [0.1, 0.15) is 18.1 Å². The van der Waals surface area contributed by atoms with E-state index < -0.39 is 0 Å². The molecule has 0 aliphatic rings. The van der Waals surface area contributed by atoms with Gasteiger partial charge in [0.2, 0.25) is 0 Å². The van der Waals surface area contributed by atoms with E-state index in [4.69, 9.17) is 10.5 Å². The van der Waals surface area contributed by atoms with Gasteiger partial charge < -0.3 is 15.0 Å². The van der Waals surface area contributed by atoms with Crippen LogP contribution in [-0.4, -0.2) is 4.57 Å². The van der Waals surface area contributed by atoms with Gasteiger partial charge in [-0.1, -0.05) is 17.7 Å². The Hall–Kier alpha value is -2.42. The van der Waals surface area contributed by atoms with Crippen LogP contribution in [0.25, 0.3) is 10.9 Å². The van der Waals surface area contributed by atoms with Gasteiger partial charge in [0.1, 0.15) is 12.4 Å². The lowest BCUT2D eigenvalue weighted by atomic mass is 10.1. The number of nitrogens with two attached hydrogens (primary N) is 1. The fourth-order valence-corrected chi connectivity index (χ4v) is 2.56. The molecule has 0 spiro atoms. The Morgan fingerprint density at radius 3 is 2.57 bits per heavy atom. The molecule has 3 aromatic rings. The first-order valence-electron chi connectivity index (χ1n) is 7.24. The van der Waals surface area contributed by atoms with Gasteiger partial charge in [0.15, 0.2) is 0 Å². The van der Waals surface area contributed by atoms with Gasteiger partial charge >= 0.3 is 0 Å². The number of hydrogen-bond acceptors (Lipinski definition) is 2. The molecule has 0 fully saturated rings. The van der Waals surface area contributed by atoms with Gasteiger partial charge in [-0.05, 0) is 44.2 Å². The molecule has 0 unspecified atom stereocenters. The van der Waals surface area contributed by atoms with Crippen LogP contribution in [0.3, 0.4) is 0 Å². The first-order chi connectivity index (χ1) is 10.2. The van der Waals surface area contributed by atoms with E-state index in [1.165, 1.54) is 22.0 Å². The number of rotatable bonds is 4. The zero-order valence-electron chi connectivity index (χ0n) is 12.5. The number of aromatic nitrogens is 1. The third-order valence-electron chi connectivity index (χ3n) is 3.74. The van der Waals surface area contributed by atoms with E-state index in [2.05, 4.69) is 42.8 Å². The van der Waals surface area contributed by atoms with Crippen molar-refractivity contribution in [3.63, 3.8) is 0 Å². The lowest BCUT2D eigenvalue weighted by Crippen LogP contribution is -1.95. The van der Waals surface area contributed by atoms with Gasteiger partial charge in [0, 0.05) is 34.9 Å². The van der Waals surface area contributed by atoms with Crippen LogP contribution in [0.5, 0.6) is 5.75 Å². The van der Waals surface area contributed by atoms with Gasteiger partial charge in [-0.3, -0.25) is 0 Å². The maximum Gasteiger partial charge on any atom is 0.119 e. The predicted molar refractivity (Wildman–Crippen MR) is 87.5 cm³/mol. The van der Waals surface area contributed by atoms with Crippen LogP contribution in [0.15, 0.2) is 48.7 Å². The summed E-state index contributed by atoms with van der Waals surface area (Å²) in [6.45, 7) is 5.70. The second-order valence-electron chi connectivity index (χ2n) is 5.32. The van der Waals surface area contributed by atoms with Crippen LogP contribution in [0.2, 0.25) is 0 Å². The SMILES string of the molecule is CCn1cc(COc2ccc(C)cc2)c2cc(N)ccc21. The molecule has 0 amide bonds. The lowest BCUT2D eigenvalue weighted by Gasteiger charge is -2.05. The maximum atomic E-state index is 5.92. The molecule has 1 heterocycles. The molecule has 0 bridgehead atoms. The molecule has 3 nitrogen and oxygen atoms in total. The Morgan fingerprint density at radius 2 is 1.86 bits per heavy atom. The summed E-state index contributed by atoms with van der Waals surface area (Å²) >= 11 is 0. The van der Waals surface area contributed by atoms with E-state index in [1.807, 2.05) is 24.3 Å². The minimum absolute atomic E-state index is 0.552. The van der Waals surface area contributed by atoms with E-state index in [0.29, 0.717) is 6.61 Å². The van der Waals surface area contributed by atoms with Gasteiger partial charge in [-0.2, -0.15) is 0 Å². The Kier molecular flexibility index (Phi) is 3.57. The number of anilines is 1. The Bertz CT molecular complexity index is 757. The highest BCUT2D eigenvalue weighted by Crippen LogP contribution is 2.25. The van der Waals surface area contributed by atoms with Crippen molar-refractivity contribution in [1.29, 1.82) is 0 Å². The first kappa shape index (κ1) is 13.6. The molecule has 3 heteroatoms. The summed E-state index contributed by atoms with van der Waals surface area (Å²) in [6, 6.07) is 14.2. The molecule has 2 N–H and O–H groups in total. The summed E-state index contributed by atoms with van der Waals surface area (Å²) in [7, 11) is 0. The highest BCUT2D eigenvalue weighted by atomic mass is 16.5. The van der Waals surface area contributed by atoms with Crippen molar-refractivity contribution in [3.05, 3.63) is 59.8 Å². The van der Waals surface area contributed by atoms with Crippen molar-refractivity contribution >= 4 is 16.6 Å². The number of ether oxygens (including phenoxy) is 1. The Labute approximate surface area is 125 Å². The highest BCUT2D eigenvalue weighted by Gasteiger charge is 2.08. The van der Waals surface area contributed by atoms with Crippen molar-refractivity contribution < 1.29 is 4.74 Å². The molecule has 21 heavy (non-hydrogen) atoms. The zero-order valence-corrected chi connectivity index (χ0v) is 12.5. The van der Waals surface area contributed by atoms with Crippen LogP contribution in [-0.2, 0) is 13.2 Å². The topological polar surface area (TPSA) is 40.2 Å². The number of nitrogens with zero attached hydrogens (tertiary/aromatic N) is 1. The van der Waals surface area contributed by atoms with E-state index in [1.54, 1.807) is 0 Å². The number of nitrogen functional groups attached to an aromatic ring is 1. The summed E-state index contributed by atoms with van der Waals surface area (Å²) in [5.74, 6) is 0.891. The molecule has 0 atom stereocenters. The Balaban J connectivity index is 1.89. The Morgan fingerprint density at radius 1 is 1.10 bits per heavy atom. The fourth-order valence-electron chi connectivity index (χ4n) is 2.56. The second kappa shape index (κ2) is 5.52. The van der Waals surface area contributed by atoms with E-state index in [9.17, 15) is 0 Å². The molecule has 0 aliphatic carbocycles. The number of hydrogen-bond donors (Lipinski definition) is 1. The molecule has 2 aromatic carbocycles. The molecule has 0 saturated heterocycles. The fraction of sp³-hybridized carbons (Fsp3) is 0.222. The van der Waals surface area contributed by atoms with Crippen LogP contribution in [0, 0.1) is 6.92 Å². The molecule has 0 aliphatic heterocycles. The minimum Gasteiger partial charge on any atom is -0.489 e. The lowest BCUT2D eigenvalue weighted by molar-refractivity contribution is 0.307. The summed E-state index contributed by atoms with van der Waals surface area (Å²) in [6.07, 6.45) is 2.15. The quantitative estimate of drug-likeness (QED) is 0.730. The first-order valence-corrected chi connectivity index (χ1v) is 7.24. The molecule has 108 valence electrons. The van der Waals surface area contributed by atoms with Crippen LogP contribution in [0.4, 0.5) is 5.69 Å². The maximum absolute atomic E-state index is 5.92. The smallest absolute Gasteiger partial charge is 0.119 e. The monoisotopic (exact) mass is 280 g/mol. The highest BCUT2D eigenvalue weighted by molar-refractivity contribution is 5.86. The van der Waals surface area contributed by atoms with Crippen molar-refractivity contribution in [2.75, 3.05) is 5.73 Å². The number of fused-ring (bicyclic) bond motifs is 1. The van der Waals surface area contributed by atoms with Crippen molar-refractivity contribution in [2.45, 2.75) is 27.0 Å². The van der Waals surface area contributed by atoms with Crippen LogP contribution < -0.4 is 10.5 Å². The average molecular weight is 280 g/mol. The third kappa shape index (κ3) is 2.72. The van der Waals surface area contributed by atoms with Crippen molar-refractivity contribution in [2.24, 2.45) is 0 Å². The molecule has 0 radical (unpaired) electrons. The van der Waals surface area contributed by atoms with Crippen molar-refractivity contribution in [3.8, 4) is 5.75 Å².